The van der Waals surface area contributed by atoms with Crippen LogP contribution < -0.4 is 5.32 Å². The Morgan fingerprint density at radius 3 is 2.74 bits per heavy atom. The molecule has 1 saturated carbocycles. The maximum atomic E-state index is 3.59. The van der Waals surface area contributed by atoms with Crippen LogP contribution in [-0.4, -0.2) is 30.6 Å². The predicted octanol–water partition coefficient (Wildman–Crippen LogP) is 3.35. The zero-order chi connectivity index (χ0) is 13.7. The molecule has 1 fully saturated rings. The number of aryl methyl sites for hydroxylation is 1. The van der Waals surface area contributed by atoms with Gasteiger partial charge in [-0.2, -0.15) is 0 Å². The first kappa shape index (κ1) is 14.5. The molecular formula is C17H28N2. The minimum atomic E-state index is 0.653. The van der Waals surface area contributed by atoms with Crippen molar-refractivity contribution >= 4 is 0 Å². The average molecular weight is 260 g/mol. The second kappa shape index (κ2) is 7.06. The molecule has 0 heterocycles. The van der Waals surface area contributed by atoms with Gasteiger partial charge in [-0.15, -0.1) is 0 Å². The van der Waals surface area contributed by atoms with Crippen LogP contribution >= 0.6 is 0 Å². The second-order valence-electron chi connectivity index (χ2n) is 6.06. The minimum Gasteiger partial charge on any atom is -0.314 e. The van der Waals surface area contributed by atoms with Crippen LogP contribution in [0.2, 0.25) is 0 Å². The summed E-state index contributed by atoms with van der Waals surface area (Å²) in [4.78, 5) is 2.47. The maximum absolute atomic E-state index is 3.59. The lowest BCUT2D eigenvalue weighted by Crippen LogP contribution is -2.30. The highest BCUT2D eigenvalue weighted by Crippen LogP contribution is 2.18. The Kier molecular flexibility index (Phi) is 5.41. The molecule has 1 aromatic carbocycles. The van der Waals surface area contributed by atoms with Crippen molar-refractivity contribution in [2.45, 2.75) is 58.2 Å². The lowest BCUT2D eigenvalue weighted by molar-refractivity contribution is 0.234. The minimum absolute atomic E-state index is 0.653. The van der Waals surface area contributed by atoms with Gasteiger partial charge in [0.05, 0.1) is 0 Å². The van der Waals surface area contributed by atoms with Crippen molar-refractivity contribution in [3.8, 4) is 0 Å². The van der Waals surface area contributed by atoms with Crippen LogP contribution in [0, 0.1) is 6.92 Å². The van der Waals surface area contributed by atoms with Crippen LogP contribution in [0.15, 0.2) is 24.3 Å². The van der Waals surface area contributed by atoms with Crippen molar-refractivity contribution in [1.29, 1.82) is 0 Å². The van der Waals surface area contributed by atoms with E-state index in [1.165, 1.54) is 43.4 Å². The highest BCUT2D eigenvalue weighted by molar-refractivity contribution is 5.25. The fourth-order valence-electron chi connectivity index (χ4n) is 2.42. The molecule has 0 aliphatic heterocycles. The molecule has 0 saturated heterocycles. The first-order chi connectivity index (χ1) is 9.16. The summed E-state index contributed by atoms with van der Waals surface area (Å²) < 4.78 is 0. The Morgan fingerprint density at radius 1 is 1.32 bits per heavy atom. The zero-order valence-electron chi connectivity index (χ0n) is 12.7. The molecule has 0 amide bonds. The van der Waals surface area contributed by atoms with E-state index in [0.29, 0.717) is 6.04 Å². The highest BCUT2D eigenvalue weighted by atomic mass is 15.1. The summed E-state index contributed by atoms with van der Waals surface area (Å²) in [6.07, 6.45) is 5.35. The van der Waals surface area contributed by atoms with Crippen molar-refractivity contribution in [3.05, 3.63) is 35.4 Å². The van der Waals surface area contributed by atoms with E-state index in [2.05, 4.69) is 55.4 Å². The van der Waals surface area contributed by atoms with Gasteiger partial charge >= 0.3 is 0 Å². The van der Waals surface area contributed by atoms with Crippen molar-refractivity contribution in [1.82, 2.24) is 10.2 Å². The Bertz CT molecular complexity index is 385. The zero-order valence-corrected chi connectivity index (χ0v) is 12.7. The van der Waals surface area contributed by atoms with Gasteiger partial charge in [0.1, 0.15) is 0 Å². The topological polar surface area (TPSA) is 15.3 Å². The number of hydrogen-bond donors (Lipinski definition) is 1. The van der Waals surface area contributed by atoms with Crippen molar-refractivity contribution in [3.63, 3.8) is 0 Å². The Hall–Kier alpha value is -0.860. The third-order valence-electron chi connectivity index (χ3n) is 4.24. The summed E-state index contributed by atoms with van der Waals surface area (Å²) in [6, 6.07) is 10.2. The molecule has 1 atom stereocenters. The second-order valence-corrected chi connectivity index (χ2v) is 6.06. The molecule has 1 unspecified atom stereocenters. The largest absolute Gasteiger partial charge is 0.314 e. The molecule has 0 aromatic heterocycles. The molecule has 1 aliphatic carbocycles. The Labute approximate surface area is 118 Å². The van der Waals surface area contributed by atoms with Crippen LogP contribution in [0.5, 0.6) is 0 Å². The molecule has 0 bridgehead atoms. The summed E-state index contributed by atoms with van der Waals surface area (Å²) in [5, 5.41) is 3.59. The van der Waals surface area contributed by atoms with Gasteiger partial charge in [0.25, 0.3) is 0 Å². The predicted molar refractivity (Wildman–Crippen MR) is 82.4 cm³/mol. The van der Waals surface area contributed by atoms with Crippen molar-refractivity contribution < 1.29 is 0 Å². The molecule has 0 spiro atoms. The van der Waals surface area contributed by atoms with Crippen LogP contribution in [0.4, 0.5) is 0 Å². The summed E-state index contributed by atoms with van der Waals surface area (Å²) in [6.45, 7) is 6.79. The fraction of sp³-hybridized carbons (Fsp3) is 0.647. The number of nitrogens with zero attached hydrogens (tertiary/aromatic N) is 1. The van der Waals surface area contributed by atoms with Gasteiger partial charge in [0.15, 0.2) is 0 Å². The molecule has 0 radical (unpaired) electrons. The molecule has 19 heavy (non-hydrogen) atoms. The number of nitrogens with one attached hydrogen (secondary N) is 1. The molecule has 2 rings (SSSR count). The van der Waals surface area contributed by atoms with E-state index in [1.54, 1.807) is 0 Å². The van der Waals surface area contributed by atoms with Crippen LogP contribution in [0.3, 0.4) is 0 Å². The molecular weight excluding hydrogens is 232 g/mol. The van der Waals surface area contributed by atoms with E-state index in [4.69, 9.17) is 0 Å². The lowest BCUT2D eigenvalue weighted by Gasteiger charge is -2.25. The average Bonchev–Trinajstić information content (AvgIpc) is 3.21. The van der Waals surface area contributed by atoms with Gasteiger partial charge in [-0.25, -0.2) is 0 Å². The van der Waals surface area contributed by atoms with Crippen LogP contribution in [-0.2, 0) is 6.54 Å². The van der Waals surface area contributed by atoms with E-state index >= 15 is 0 Å². The van der Waals surface area contributed by atoms with E-state index < -0.39 is 0 Å². The maximum Gasteiger partial charge on any atom is 0.0236 e. The quantitative estimate of drug-likeness (QED) is 0.721. The summed E-state index contributed by atoms with van der Waals surface area (Å²) in [5.41, 5.74) is 2.85. The van der Waals surface area contributed by atoms with Gasteiger partial charge < -0.3 is 5.32 Å². The highest BCUT2D eigenvalue weighted by Gasteiger charge is 2.19. The molecule has 2 heteroatoms. The van der Waals surface area contributed by atoms with Crippen LogP contribution in [0.25, 0.3) is 0 Å². The fourth-order valence-corrected chi connectivity index (χ4v) is 2.42. The van der Waals surface area contributed by atoms with Gasteiger partial charge in [0, 0.05) is 18.6 Å². The molecule has 1 aromatic rings. The van der Waals surface area contributed by atoms with Crippen molar-refractivity contribution in [2.75, 3.05) is 13.6 Å². The third-order valence-corrected chi connectivity index (χ3v) is 4.24. The van der Waals surface area contributed by atoms with E-state index in [9.17, 15) is 0 Å². The monoisotopic (exact) mass is 260 g/mol. The van der Waals surface area contributed by atoms with Gasteiger partial charge in [0.2, 0.25) is 0 Å². The number of rotatable bonds is 8. The first-order valence-corrected chi connectivity index (χ1v) is 7.65. The molecule has 1 N–H and O–H groups in total. The Balaban J connectivity index is 1.69. The van der Waals surface area contributed by atoms with Crippen molar-refractivity contribution in [2.24, 2.45) is 0 Å². The van der Waals surface area contributed by atoms with E-state index in [0.717, 1.165) is 12.6 Å². The van der Waals surface area contributed by atoms with Gasteiger partial charge in [-0.1, -0.05) is 24.3 Å². The van der Waals surface area contributed by atoms with Gasteiger partial charge in [-0.3, -0.25) is 4.90 Å². The molecule has 106 valence electrons. The SMILES string of the molecule is Cc1ccccc1CN(C)C(C)CCCNC1CC1. The van der Waals surface area contributed by atoms with Gasteiger partial charge in [-0.05, 0) is 64.3 Å². The van der Waals surface area contributed by atoms with E-state index in [1.807, 2.05) is 0 Å². The number of benzene rings is 1. The third kappa shape index (κ3) is 4.96. The smallest absolute Gasteiger partial charge is 0.0236 e. The van der Waals surface area contributed by atoms with E-state index in [-0.39, 0.29) is 0 Å². The standard InChI is InChI=1S/C17H28N2/c1-14-7-4-5-9-16(14)13-19(3)15(2)8-6-12-18-17-10-11-17/h4-5,7,9,15,17-18H,6,8,10-13H2,1-3H3. The summed E-state index contributed by atoms with van der Waals surface area (Å²) >= 11 is 0. The first-order valence-electron chi connectivity index (χ1n) is 7.65. The Morgan fingerprint density at radius 2 is 2.05 bits per heavy atom. The van der Waals surface area contributed by atoms with Crippen LogP contribution in [0.1, 0.15) is 43.7 Å². The summed E-state index contributed by atoms with van der Waals surface area (Å²) in [5.74, 6) is 0. The summed E-state index contributed by atoms with van der Waals surface area (Å²) in [7, 11) is 2.24. The molecule has 2 nitrogen and oxygen atoms in total. The lowest BCUT2D eigenvalue weighted by atomic mass is 10.1. The normalized spacial score (nSPS) is 16.8. The number of hydrogen-bond acceptors (Lipinski definition) is 2. The molecule has 1 aliphatic rings.